The van der Waals surface area contributed by atoms with Crippen LogP contribution in [0, 0.1) is 0 Å². The number of halogens is 1. The summed E-state index contributed by atoms with van der Waals surface area (Å²) in [6, 6.07) is 0. The number of alkyl halides is 1. The Kier molecular flexibility index (Phi) is 6.17. The molecule has 0 bridgehead atoms. The first kappa shape index (κ1) is 11.0. The molecule has 1 nitrogen and oxygen atoms in total. The van der Waals surface area contributed by atoms with E-state index < -0.39 is 0 Å². The van der Waals surface area contributed by atoms with Crippen LogP contribution in [-0.4, -0.2) is 19.4 Å². The van der Waals surface area contributed by atoms with Gasteiger partial charge < -0.3 is 4.74 Å². The van der Waals surface area contributed by atoms with E-state index in [1.165, 1.54) is 38.5 Å². The van der Waals surface area contributed by atoms with E-state index in [2.05, 4.69) is 0 Å². The van der Waals surface area contributed by atoms with E-state index >= 15 is 0 Å². The van der Waals surface area contributed by atoms with Gasteiger partial charge in [-0.05, 0) is 32.1 Å². The highest BCUT2D eigenvalue weighted by molar-refractivity contribution is 4.63. The zero-order valence-electron chi connectivity index (χ0n) is 8.43. The van der Waals surface area contributed by atoms with Gasteiger partial charge in [0, 0.05) is 6.61 Å². The highest BCUT2D eigenvalue weighted by Crippen LogP contribution is 2.18. The van der Waals surface area contributed by atoms with E-state index in [0.717, 1.165) is 19.4 Å². The predicted molar refractivity (Wildman–Crippen MR) is 52.7 cm³/mol. The van der Waals surface area contributed by atoms with Gasteiger partial charge in [-0.1, -0.05) is 19.3 Å². The fraction of sp³-hybridized carbons (Fsp3) is 1.00. The molecule has 1 saturated heterocycles. The average Bonchev–Trinajstić information content (AvgIpc) is 2.19. The summed E-state index contributed by atoms with van der Waals surface area (Å²) >= 11 is 0. The van der Waals surface area contributed by atoms with Gasteiger partial charge in [-0.3, -0.25) is 4.39 Å². The summed E-state index contributed by atoms with van der Waals surface area (Å²) in [6.45, 7) is 0.801. The summed E-state index contributed by atoms with van der Waals surface area (Å²) in [5, 5.41) is 0. The number of hydrogen-bond donors (Lipinski definition) is 0. The zero-order valence-corrected chi connectivity index (χ0v) is 8.43. The number of hydrogen-bond acceptors (Lipinski definition) is 1. The molecule has 1 unspecified atom stereocenters. The first-order valence-corrected chi connectivity index (χ1v) is 5.61. The lowest BCUT2D eigenvalue weighted by Gasteiger charge is -2.22. The molecule has 13 heavy (non-hydrogen) atoms. The SMILES string of the molecule is FCCCCCCC1CCCCO1. The van der Waals surface area contributed by atoms with Crippen molar-refractivity contribution in [3.8, 4) is 0 Å². The second-order valence-corrected chi connectivity index (χ2v) is 3.88. The third kappa shape index (κ3) is 5.25. The summed E-state index contributed by atoms with van der Waals surface area (Å²) in [4.78, 5) is 0. The maximum atomic E-state index is 11.8. The second-order valence-electron chi connectivity index (χ2n) is 3.88. The third-order valence-corrected chi connectivity index (χ3v) is 2.68. The van der Waals surface area contributed by atoms with Crippen LogP contribution in [0.5, 0.6) is 0 Å². The van der Waals surface area contributed by atoms with Crippen LogP contribution in [0.25, 0.3) is 0 Å². The highest BCUT2D eigenvalue weighted by atomic mass is 19.1. The Balaban J connectivity index is 1.86. The monoisotopic (exact) mass is 188 g/mol. The molecule has 78 valence electrons. The van der Waals surface area contributed by atoms with Crippen LogP contribution < -0.4 is 0 Å². The van der Waals surface area contributed by atoms with Crippen molar-refractivity contribution in [1.82, 2.24) is 0 Å². The molecule has 0 spiro atoms. The van der Waals surface area contributed by atoms with Gasteiger partial charge in [-0.2, -0.15) is 0 Å². The smallest absolute Gasteiger partial charge is 0.0894 e. The first-order valence-electron chi connectivity index (χ1n) is 5.61. The second kappa shape index (κ2) is 7.31. The summed E-state index contributed by atoms with van der Waals surface area (Å²) in [5.74, 6) is 0. The normalized spacial score (nSPS) is 23.3. The Morgan fingerprint density at radius 1 is 1.08 bits per heavy atom. The first-order chi connectivity index (χ1) is 6.43. The van der Waals surface area contributed by atoms with Gasteiger partial charge in [0.25, 0.3) is 0 Å². The fourth-order valence-electron chi connectivity index (χ4n) is 1.86. The van der Waals surface area contributed by atoms with Crippen molar-refractivity contribution in [2.75, 3.05) is 13.3 Å². The van der Waals surface area contributed by atoms with Crippen LogP contribution in [0.15, 0.2) is 0 Å². The molecule has 1 aliphatic rings. The largest absolute Gasteiger partial charge is 0.378 e. The summed E-state index contributed by atoms with van der Waals surface area (Å²) < 4.78 is 17.4. The van der Waals surface area contributed by atoms with Crippen LogP contribution in [0.4, 0.5) is 4.39 Å². The van der Waals surface area contributed by atoms with Crippen molar-refractivity contribution in [2.45, 2.75) is 57.5 Å². The predicted octanol–water partition coefficient (Wildman–Crippen LogP) is 3.48. The van der Waals surface area contributed by atoms with E-state index in [1.54, 1.807) is 0 Å². The lowest BCUT2D eigenvalue weighted by molar-refractivity contribution is 0.00976. The summed E-state index contributed by atoms with van der Waals surface area (Å²) in [5.41, 5.74) is 0. The van der Waals surface area contributed by atoms with Crippen LogP contribution >= 0.6 is 0 Å². The Morgan fingerprint density at radius 2 is 1.92 bits per heavy atom. The zero-order chi connectivity index (χ0) is 9.36. The molecule has 1 atom stereocenters. The minimum atomic E-state index is -0.153. The average molecular weight is 188 g/mol. The Morgan fingerprint density at radius 3 is 2.62 bits per heavy atom. The van der Waals surface area contributed by atoms with Gasteiger partial charge in [-0.15, -0.1) is 0 Å². The number of ether oxygens (including phenoxy) is 1. The van der Waals surface area contributed by atoms with Crippen LogP contribution in [0.2, 0.25) is 0 Å². The molecule has 2 heteroatoms. The molecule has 0 aromatic heterocycles. The van der Waals surface area contributed by atoms with E-state index in [4.69, 9.17) is 4.74 Å². The van der Waals surface area contributed by atoms with Gasteiger partial charge in [0.1, 0.15) is 0 Å². The van der Waals surface area contributed by atoms with Crippen molar-refractivity contribution < 1.29 is 9.13 Å². The molecule has 0 saturated carbocycles. The molecule has 1 fully saturated rings. The van der Waals surface area contributed by atoms with Crippen molar-refractivity contribution in [2.24, 2.45) is 0 Å². The number of unbranched alkanes of at least 4 members (excludes halogenated alkanes) is 3. The maximum absolute atomic E-state index is 11.8. The van der Waals surface area contributed by atoms with E-state index in [9.17, 15) is 4.39 Å². The fourth-order valence-corrected chi connectivity index (χ4v) is 1.86. The van der Waals surface area contributed by atoms with Gasteiger partial charge in [0.2, 0.25) is 0 Å². The lowest BCUT2D eigenvalue weighted by Crippen LogP contribution is -2.18. The van der Waals surface area contributed by atoms with Gasteiger partial charge in [-0.25, -0.2) is 0 Å². The van der Waals surface area contributed by atoms with Crippen LogP contribution in [0.1, 0.15) is 51.4 Å². The minimum Gasteiger partial charge on any atom is -0.378 e. The molecule has 1 heterocycles. The van der Waals surface area contributed by atoms with Gasteiger partial charge >= 0.3 is 0 Å². The summed E-state index contributed by atoms with van der Waals surface area (Å²) in [6.07, 6.45) is 9.67. The molecule has 0 N–H and O–H groups in total. The lowest BCUT2D eigenvalue weighted by atomic mass is 10.0. The topological polar surface area (TPSA) is 9.23 Å². The molecule has 0 radical (unpaired) electrons. The molecule has 0 amide bonds. The van der Waals surface area contributed by atoms with Gasteiger partial charge in [0.15, 0.2) is 0 Å². The van der Waals surface area contributed by atoms with Crippen molar-refractivity contribution in [3.05, 3.63) is 0 Å². The van der Waals surface area contributed by atoms with Crippen LogP contribution in [-0.2, 0) is 4.74 Å². The maximum Gasteiger partial charge on any atom is 0.0894 e. The molecule has 0 aromatic carbocycles. The van der Waals surface area contributed by atoms with Crippen LogP contribution in [0.3, 0.4) is 0 Å². The minimum absolute atomic E-state index is 0.153. The quantitative estimate of drug-likeness (QED) is 0.580. The molecular formula is C11H21FO. The number of rotatable bonds is 6. The van der Waals surface area contributed by atoms with E-state index in [0.29, 0.717) is 6.10 Å². The Labute approximate surface area is 80.7 Å². The van der Waals surface area contributed by atoms with Crippen molar-refractivity contribution in [3.63, 3.8) is 0 Å². The van der Waals surface area contributed by atoms with Gasteiger partial charge in [0.05, 0.1) is 12.8 Å². The van der Waals surface area contributed by atoms with E-state index in [-0.39, 0.29) is 6.67 Å². The van der Waals surface area contributed by atoms with E-state index in [1.807, 2.05) is 0 Å². The molecule has 1 aliphatic heterocycles. The Bertz CT molecular complexity index is 111. The molecule has 0 aromatic rings. The highest BCUT2D eigenvalue weighted by Gasteiger charge is 2.12. The third-order valence-electron chi connectivity index (χ3n) is 2.68. The molecule has 1 rings (SSSR count). The summed E-state index contributed by atoms with van der Waals surface area (Å²) in [7, 11) is 0. The van der Waals surface area contributed by atoms with Crippen molar-refractivity contribution in [1.29, 1.82) is 0 Å². The molecule has 0 aliphatic carbocycles. The van der Waals surface area contributed by atoms with Crippen molar-refractivity contribution >= 4 is 0 Å². The molecular weight excluding hydrogens is 167 g/mol. The standard InChI is InChI=1S/C11H21FO/c12-9-5-2-1-3-7-11-8-4-6-10-13-11/h11H,1-10H2. The Hall–Kier alpha value is -0.110.